The second-order valence-electron chi connectivity index (χ2n) is 8.31. The van der Waals surface area contributed by atoms with Crippen molar-refractivity contribution in [2.75, 3.05) is 49.1 Å². The number of benzene rings is 2. The van der Waals surface area contributed by atoms with Gasteiger partial charge >= 0.3 is 18.6 Å². The van der Waals surface area contributed by atoms with Crippen molar-refractivity contribution in [2.24, 2.45) is 0 Å². The number of nitrogens with zero attached hydrogens (tertiary/aromatic N) is 3. The first kappa shape index (κ1) is 25.1. The lowest BCUT2D eigenvalue weighted by Gasteiger charge is -2.35. The fourth-order valence-electron chi connectivity index (χ4n) is 3.99. The first-order chi connectivity index (χ1) is 17.3. The molecule has 12 heteroatoms. The van der Waals surface area contributed by atoms with Gasteiger partial charge in [-0.05, 0) is 23.8 Å². The summed E-state index contributed by atoms with van der Waals surface area (Å²) in [5, 5.41) is 2.00. The molecule has 2 fully saturated rings. The molecule has 0 spiro atoms. The normalized spacial score (nSPS) is 17.8. The van der Waals surface area contributed by atoms with E-state index >= 15 is 0 Å². The van der Waals surface area contributed by atoms with Gasteiger partial charge in [0.05, 0.1) is 24.5 Å². The Balaban J connectivity index is 1.29. The monoisotopic (exact) mass is 506 g/mol. The molecule has 2 aliphatic heterocycles. The highest BCUT2D eigenvalue weighted by Gasteiger charge is 2.34. The Morgan fingerprint density at radius 3 is 2.47 bits per heavy atom. The number of ether oxygens (including phenoxy) is 2. The smallest absolute Gasteiger partial charge is 0.414 e. The lowest BCUT2D eigenvalue weighted by atomic mass is 10.2. The summed E-state index contributed by atoms with van der Waals surface area (Å²) in [5.41, 5.74) is 1.45. The van der Waals surface area contributed by atoms with Crippen molar-refractivity contribution < 1.29 is 37.0 Å². The van der Waals surface area contributed by atoms with Gasteiger partial charge in [0.2, 0.25) is 0 Å². The summed E-state index contributed by atoms with van der Waals surface area (Å²) in [7, 11) is 0. The van der Waals surface area contributed by atoms with Crippen molar-refractivity contribution in [3.8, 4) is 0 Å². The lowest BCUT2D eigenvalue weighted by molar-refractivity contribution is -0.132. The maximum atomic E-state index is 15.0. The second kappa shape index (κ2) is 11.2. The van der Waals surface area contributed by atoms with Gasteiger partial charge in [0, 0.05) is 26.2 Å². The Labute approximate surface area is 205 Å². The maximum absolute atomic E-state index is 15.0. The molecule has 2 saturated heterocycles. The molecule has 0 radical (unpaired) electrons. The molecule has 192 valence electrons. The van der Waals surface area contributed by atoms with Crippen molar-refractivity contribution in [1.29, 1.82) is 0 Å². The van der Waals surface area contributed by atoms with Gasteiger partial charge < -0.3 is 24.6 Å². The third-order valence-electron chi connectivity index (χ3n) is 5.90. The molecule has 0 bridgehead atoms. The first-order valence-electron chi connectivity index (χ1n) is 11.4. The van der Waals surface area contributed by atoms with E-state index in [1.54, 1.807) is 15.9 Å². The predicted molar refractivity (Wildman–Crippen MR) is 123 cm³/mol. The fraction of sp³-hybridized carbons (Fsp3) is 0.375. The molecule has 1 atom stereocenters. The van der Waals surface area contributed by atoms with Crippen LogP contribution in [0.3, 0.4) is 0 Å². The number of amides is 3. The number of anilines is 2. The Kier molecular flexibility index (Phi) is 7.81. The summed E-state index contributed by atoms with van der Waals surface area (Å²) in [6, 6.07) is 13.6. The molecular formula is C24H25F3N4O5. The minimum atomic E-state index is -3.17. The molecule has 0 saturated carbocycles. The van der Waals surface area contributed by atoms with Gasteiger partial charge in [-0.15, -0.1) is 0 Å². The summed E-state index contributed by atoms with van der Waals surface area (Å²) in [6.07, 6.45) is -5.19. The molecule has 2 aromatic rings. The number of piperazine rings is 1. The average molecular weight is 506 g/mol. The number of alkyl halides is 2. The number of nitrogens with one attached hydrogen (secondary N) is 1. The van der Waals surface area contributed by atoms with Crippen LogP contribution in [0.1, 0.15) is 5.56 Å². The van der Waals surface area contributed by atoms with Gasteiger partial charge in [-0.2, -0.15) is 8.78 Å². The number of hydrogen-bond donors (Lipinski definition) is 1. The zero-order chi connectivity index (χ0) is 25.7. The molecule has 0 aliphatic carbocycles. The average Bonchev–Trinajstić information content (AvgIpc) is 3.26. The molecule has 0 aromatic heterocycles. The Morgan fingerprint density at radius 1 is 1.08 bits per heavy atom. The first-order valence-corrected chi connectivity index (χ1v) is 11.4. The van der Waals surface area contributed by atoms with Crippen molar-refractivity contribution in [2.45, 2.75) is 19.1 Å². The van der Waals surface area contributed by atoms with Crippen LogP contribution in [0, 0.1) is 5.82 Å². The highest BCUT2D eigenvalue weighted by Crippen LogP contribution is 2.28. The topological polar surface area (TPSA) is 91.4 Å². The summed E-state index contributed by atoms with van der Waals surface area (Å²) in [4.78, 5) is 40.1. The number of carbonyl (C=O) groups excluding carboxylic acids is 3. The van der Waals surface area contributed by atoms with Crippen LogP contribution in [0.5, 0.6) is 0 Å². The molecule has 2 aliphatic rings. The Morgan fingerprint density at radius 2 is 1.81 bits per heavy atom. The number of rotatable bonds is 7. The minimum Gasteiger partial charge on any atom is -0.445 e. The number of cyclic esters (lactones) is 1. The van der Waals surface area contributed by atoms with Gasteiger partial charge in [-0.1, -0.05) is 30.3 Å². The van der Waals surface area contributed by atoms with Gasteiger partial charge in [0.15, 0.2) is 0 Å². The maximum Gasteiger partial charge on any atom is 0.414 e. The van der Waals surface area contributed by atoms with Crippen LogP contribution >= 0.6 is 0 Å². The van der Waals surface area contributed by atoms with E-state index in [9.17, 15) is 27.6 Å². The summed E-state index contributed by atoms with van der Waals surface area (Å²) in [6.45, 7) is 1.39. The Bertz CT molecular complexity index is 1100. The van der Waals surface area contributed by atoms with E-state index in [2.05, 4.69) is 0 Å². The fourth-order valence-corrected chi connectivity index (χ4v) is 3.99. The molecule has 36 heavy (non-hydrogen) atoms. The highest BCUT2D eigenvalue weighted by atomic mass is 19.3. The molecule has 0 unspecified atom stereocenters. The number of hydrogen-bond acceptors (Lipinski definition) is 6. The molecular weight excluding hydrogens is 481 g/mol. The van der Waals surface area contributed by atoms with Gasteiger partial charge in [-0.3, -0.25) is 9.69 Å². The molecule has 2 aromatic carbocycles. The van der Waals surface area contributed by atoms with E-state index in [-0.39, 0.29) is 25.4 Å². The second-order valence-corrected chi connectivity index (χ2v) is 8.31. The lowest BCUT2D eigenvalue weighted by Crippen LogP contribution is -2.49. The molecule has 4 rings (SSSR count). The van der Waals surface area contributed by atoms with Crippen molar-refractivity contribution in [3.05, 3.63) is 59.9 Å². The third kappa shape index (κ3) is 5.99. The van der Waals surface area contributed by atoms with Crippen LogP contribution in [0.15, 0.2) is 48.5 Å². The van der Waals surface area contributed by atoms with E-state index in [0.29, 0.717) is 31.9 Å². The van der Waals surface area contributed by atoms with E-state index in [1.807, 2.05) is 35.6 Å². The van der Waals surface area contributed by atoms with Crippen LogP contribution in [0.4, 0.5) is 34.1 Å². The van der Waals surface area contributed by atoms with E-state index in [0.717, 1.165) is 5.56 Å². The van der Waals surface area contributed by atoms with E-state index in [1.165, 1.54) is 17.0 Å². The van der Waals surface area contributed by atoms with Crippen molar-refractivity contribution >= 4 is 29.5 Å². The molecule has 2 heterocycles. The van der Waals surface area contributed by atoms with Gasteiger partial charge in [0.1, 0.15) is 18.5 Å². The molecule has 9 nitrogen and oxygen atoms in total. The number of halogens is 3. The molecule has 1 N–H and O–H groups in total. The van der Waals surface area contributed by atoms with Crippen LogP contribution in [0.2, 0.25) is 0 Å². The zero-order valence-electron chi connectivity index (χ0n) is 19.2. The van der Waals surface area contributed by atoms with Crippen molar-refractivity contribution in [1.82, 2.24) is 10.2 Å². The predicted octanol–water partition coefficient (Wildman–Crippen LogP) is 2.99. The van der Waals surface area contributed by atoms with Crippen molar-refractivity contribution in [3.63, 3.8) is 0 Å². The minimum absolute atomic E-state index is 0.0229. The van der Waals surface area contributed by atoms with E-state index < -0.39 is 36.4 Å². The van der Waals surface area contributed by atoms with Crippen LogP contribution in [0.25, 0.3) is 0 Å². The Hall–Kier alpha value is -3.96. The third-order valence-corrected chi connectivity index (χ3v) is 5.90. The standard InChI is InChI=1S/C24H25F3N4O5/c25-19-12-17(31-14-18(36-24(31)34)13-28-22(32)21(26)27)6-7-20(19)29-8-10-30(11-9-29)23(33)35-15-16-4-2-1-3-5-16/h1-7,12,18,21H,8-11,13-15H2,(H,28,32)/t18-/m0/s1. The summed E-state index contributed by atoms with van der Waals surface area (Å²) < 4.78 is 50.0. The summed E-state index contributed by atoms with van der Waals surface area (Å²) >= 11 is 0. The van der Waals surface area contributed by atoms with E-state index in [4.69, 9.17) is 9.47 Å². The zero-order valence-corrected chi connectivity index (χ0v) is 19.2. The molecule has 3 amide bonds. The quantitative estimate of drug-likeness (QED) is 0.621. The summed E-state index contributed by atoms with van der Waals surface area (Å²) in [5.74, 6) is -2.01. The van der Waals surface area contributed by atoms with Crippen LogP contribution in [-0.4, -0.2) is 74.8 Å². The van der Waals surface area contributed by atoms with Crippen LogP contribution < -0.4 is 15.1 Å². The van der Waals surface area contributed by atoms with Crippen LogP contribution in [-0.2, 0) is 20.9 Å². The van der Waals surface area contributed by atoms with Gasteiger partial charge in [0.25, 0.3) is 5.91 Å². The SMILES string of the molecule is O=C(NC[C@H]1CN(c2ccc(N3CCN(C(=O)OCc4ccccc4)CC3)c(F)c2)C(=O)O1)C(F)F. The van der Waals surface area contributed by atoms with Gasteiger partial charge in [-0.25, -0.2) is 14.0 Å². The number of carbonyl (C=O) groups is 3. The largest absolute Gasteiger partial charge is 0.445 e. The highest BCUT2D eigenvalue weighted by molar-refractivity contribution is 5.90.